The number of nitrogens with one attached hydrogen (secondary N) is 1. The van der Waals surface area contributed by atoms with Gasteiger partial charge in [0.25, 0.3) is 0 Å². The average Bonchev–Trinajstić information content (AvgIpc) is 2.25. The standard InChI is InChI=1S/C13H24N4/c1-5-6-7-10(4)15-12-8-11(14)16-13(17-12)9(2)3/h8-10H,5-7H2,1-4H3,(H3,14,15,16,17). The van der Waals surface area contributed by atoms with Crippen LogP contribution in [-0.2, 0) is 0 Å². The van der Waals surface area contributed by atoms with Gasteiger partial charge in [-0.3, -0.25) is 0 Å². The highest BCUT2D eigenvalue weighted by atomic mass is 15.1. The lowest BCUT2D eigenvalue weighted by molar-refractivity contribution is 0.641. The van der Waals surface area contributed by atoms with E-state index in [0.29, 0.717) is 17.8 Å². The third-order valence-electron chi connectivity index (χ3n) is 2.66. The molecule has 0 fully saturated rings. The second-order valence-corrected chi connectivity index (χ2v) is 4.88. The van der Waals surface area contributed by atoms with Crippen molar-refractivity contribution >= 4 is 11.6 Å². The Morgan fingerprint density at radius 3 is 2.59 bits per heavy atom. The van der Waals surface area contributed by atoms with Gasteiger partial charge in [-0.25, -0.2) is 9.97 Å². The fourth-order valence-corrected chi connectivity index (χ4v) is 1.65. The molecule has 1 aromatic heterocycles. The van der Waals surface area contributed by atoms with Crippen LogP contribution < -0.4 is 11.1 Å². The van der Waals surface area contributed by atoms with Crippen LogP contribution in [0, 0.1) is 0 Å². The van der Waals surface area contributed by atoms with Gasteiger partial charge < -0.3 is 11.1 Å². The summed E-state index contributed by atoms with van der Waals surface area (Å²) in [7, 11) is 0. The number of hydrogen-bond acceptors (Lipinski definition) is 4. The lowest BCUT2D eigenvalue weighted by atomic mass is 10.1. The molecule has 0 spiro atoms. The van der Waals surface area contributed by atoms with E-state index in [1.807, 2.05) is 0 Å². The lowest BCUT2D eigenvalue weighted by Crippen LogP contribution is -2.17. The third-order valence-corrected chi connectivity index (χ3v) is 2.66. The van der Waals surface area contributed by atoms with Crippen LogP contribution in [0.3, 0.4) is 0 Å². The first-order valence-electron chi connectivity index (χ1n) is 6.44. The Labute approximate surface area is 104 Å². The molecule has 0 saturated heterocycles. The summed E-state index contributed by atoms with van der Waals surface area (Å²) in [4.78, 5) is 8.71. The Bertz CT molecular complexity index is 349. The maximum atomic E-state index is 5.78. The van der Waals surface area contributed by atoms with Crippen LogP contribution in [0.5, 0.6) is 0 Å². The van der Waals surface area contributed by atoms with Crippen LogP contribution >= 0.6 is 0 Å². The first-order valence-corrected chi connectivity index (χ1v) is 6.44. The Balaban J connectivity index is 2.70. The zero-order chi connectivity index (χ0) is 12.8. The minimum atomic E-state index is 0.296. The van der Waals surface area contributed by atoms with Crippen molar-refractivity contribution in [3.05, 3.63) is 11.9 Å². The van der Waals surface area contributed by atoms with E-state index in [0.717, 1.165) is 18.1 Å². The summed E-state index contributed by atoms with van der Waals surface area (Å²) in [6.07, 6.45) is 3.60. The smallest absolute Gasteiger partial charge is 0.135 e. The fraction of sp³-hybridized carbons (Fsp3) is 0.692. The van der Waals surface area contributed by atoms with E-state index in [2.05, 4.69) is 43.0 Å². The average molecular weight is 236 g/mol. The molecule has 0 aliphatic rings. The largest absolute Gasteiger partial charge is 0.384 e. The highest BCUT2D eigenvalue weighted by Gasteiger charge is 2.08. The highest BCUT2D eigenvalue weighted by molar-refractivity contribution is 5.45. The van der Waals surface area contributed by atoms with Gasteiger partial charge in [-0.05, 0) is 13.3 Å². The molecule has 4 heteroatoms. The summed E-state index contributed by atoms with van der Waals surface area (Å²) < 4.78 is 0. The molecule has 4 nitrogen and oxygen atoms in total. The molecule has 0 saturated carbocycles. The number of aromatic nitrogens is 2. The topological polar surface area (TPSA) is 63.8 Å². The molecule has 0 aromatic carbocycles. The number of unbranched alkanes of at least 4 members (excludes halogenated alkanes) is 1. The number of nitrogen functional groups attached to an aromatic ring is 1. The molecule has 0 bridgehead atoms. The molecule has 1 rings (SSSR count). The van der Waals surface area contributed by atoms with Gasteiger partial charge in [-0.1, -0.05) is 33.6 Å². The van der Waals surface area contributed by atoms with E-state index >= 15 is 0 Å². The summed E-state index contributed by atoms with van der Waals surface area (Å²) in [6, 6.07) is 2.22. The van der Waals surface area contributed by atoms with Gasteiger partial charge >= 0.3 is 0 Å². The number of nitrogens with zero attached hydrogens (tertiary/aromatic N) is 2. The van der Waals surface area contributed by atoms with Gasteiger partial charge in [0.05, 0.1) is 0 Å². The second-order valence-electron chi connectivity index (χ2n) is 4.88. The van der Waals surface area contributed by atoms with Gasteiger partial charge in [0.2, 0.25) is 0 Å². The van der Waals surface area contributed by atoms with Gasteiger partial charge in [0.15, 0.2) is 0 Å². The Hall–Kier alpha value is -1.32. The van der Waals surface area contributed by atoms with Crippen LogP contribution in [0.1, 0.15) is 58.7 Å². The van der Waals surface area contributed by atoms with E-state index in [4.69, 9.17) is 5.73 Å². The summed E-state index contributed by atoms with van der Waals surface area (Å²) >= 11 is 0. The molecule has 0 amide bonds. The molecule has 3 N–H and O–H groups in total. The van der Waals surface area contributed by atoms with Crippen LogP contribution in [0.4, 0.5) is 11.6 Å². The summed E-state index contributed by atoms with van der Waals surface area (Å²) in [5.74, 6) is 2.47. The number of hydrogen-bond donors (Lipinski definition) is 2. The normalized spacial score (nSPS) is 12.8. The first-order chi connectivity index (χ1) is 8.02. The lowest BCUT2D eigenvalue weighted by Gasteiger charge is -2.15. The van der Waals surface area contributed by atoms with Crippen molar-refractivity contribution in [1.82, 2.24) is 9.97 Å². The summed E-state index contributed by atoms with van der Waals surface area (Å²) in [5.41, 5.74) is 5.78. The predicted octanol–water partition coefficient (Wildman–Crippen LogP) is 3.17. The van der Waals surface area contributed by atoms with E-state index in [1.54, 1.807) is 6.07 Å². The maximum Gasteiger partial charge on any atom is 0.135 e. The molecule has 0 aliphatic carbocycles. The molecule has 1 aromatic rings. The number of anilines is 2. The van der Waals surface area contributed by atoms with Crippen LogP contribution in [0.25, 0.3) is 0 Å². The van der Waals surface area contributed by atoms with Gasteiger partial charge in [-0.2, -0.15) is 0 Å². The minimum Gasteiger partial charge on any atom is -0.384 e. The van der Waals surface area contributed by atoms with E-state index < -0.39 is 0 Å². The molecule has 1 heterocycles. The molecular formula is C13H24N4. The maximum absolute atomic E-state index is 5.78. The van der Waals surface area contributed by atoms with Crippen LogP contribution in [-0.4, -0.2) is 16.0 Å². The van der Waals surface area contributed by atoms with Crippen molar-refractivity contribution in [1.29, 1.82) is 0 Å². The predicted molar refractivity (Wildman–Crippen MR) is 73.1 cm³/mol. The monoisotopic (exact) mass is 236 g/mol. The Morgan fingerprint density at radius 1 is 1.29 bits per heavy atom. The Morgan fingerprint density at radius 2 is 2.00 bits per heavy atom. The van der Waals surface area contributed by atoms with E-state index in [-0.39, 0.29) is 0 Å². The quantitative estimate of drug-likeness (QED) is 0.796. The Kier molecular flexibility index (Phi) is 5.19. The van der Waals surface area contributed by atoms with Crippen molar-refractivity contribution in [3.63, 3.8) is 0 Å². The van der Waals surface area contributed by atoms with Crippen molar-refractivity contribution in [2.45, 2.75) is 58.9 Å². The van der Waals surface area contributed by atoms with Crippen LogP contribution in [0.2, 0.25) is 0 Å². The first kappa shape index (κ1) is 13.7. The third kappa shape index (κ3) is 4.59. The second kappa shape index (κ2) is 6.42. The molecule has 17 heavy (non-hydrogen) atoms. The minimum absolute atomic E-state index is 0.296. The van der Waals surface area contributed by atoms with Crippen LogP contribution in [0.15, 0.2) is 6.07 Å². The van der Waals surface area contributed by atoms with Crippen molar-refractivity contribution in [3.8, 4) is 0 Å². The molecule has 1 unspecified atom stereocenters. The molecule has 1 atom stereocenters. The van der Waals surface area contributed by atoms with E-state index in [1.165, 1.54) is 12.8 Å². The van der Waals surface area contributed by atoms with Crippen molar-refractivity contribution in [2.75, 3.05) is 11.1 Å². The van der Waals surface area contributed by atoms with E-state index in [9.17, 15) is 0 Å². The number of nitrogens with two attached hydrogens (primary N) is 1. The SMILES string of the molecule is CCCCC(C)Nc1cc(N)nc(C(C)C)n1. The number of rotatable bonds is 6. The van der Waals surface area contributed by atoms with Crippen molar-refractivity contribution in [2.24, 2.45) is 0 Å². The van der Waals surface area contributed by atoms with Crippen molar-refractivity contribution < 1.29 is 0 Å². The molecular weight excluding hydrogens is 212 g/mol. The zero-order valence-corrected chi connectivity index (χ0v) is 11.3. The summed E-state index contributed by atoms with van der Waals surface area (Å²) in [6.45, 7) is 8.51. The van der Waals surface area contributed by atoms with Gasteiger partial charge in [0, 0.05) is 18.0 Å². The molecule has 0 radical (unpaired) electrons. The fourth-order valence-electron chi connectivity index (χ4n) is 1.65. The molecule has 96 valence electrons. The molecule has 0 aliphatic heterocycles. The zero-order valence-electron chi connectivity index (χ0n) is 11.3. The van der Waals surface area contributed by atoms with Gasteiger partial charge in [0.1, 0.15) is 17.5 Å². The van der Waals surface area contributed by atoms with Gasteiger partial charge in [-0.15, -0.1) is 0 Å². The summed E-state index contributed by atoms with van der Waals surface area (Å²) in [5, 5.41) is 3.38. The highest BCUT2D eigenvalue weighted by Crippen LogP contribution is 2.16.